The van der Waals surface area contributed by atoms with E-state index in [1.54, 1.807) is 0 Å². The standard InChI is InChI=1S/C68H118O6/c1-4-7-10-13-16-19-22-24-25-26-27-28-29-30-31-32-33-34-35-36-37-38-39-40-41-42-43-45-46-49-52-55-58-61-67(70)73-64-65(63-72-66(69)60-57-54-51-48-21-18-15-12-9-6-3)74-68(71)62-59-56-53-50-47-44-23-20-17-14-11-8-5-2/h7,10,12,15-16,19,24-25,27-28,30-31,33-34,65H,4-6,8-9,11,13-14,17-18,20-23,26,29,32,35-64H2,1-3H3/b10-7-,15-12-,19-16-,25-24-,28-27-,31-30-,34-33-. The molecule has 0 aromatic carbocycles. The summed E-state index contributed by atoms with van der Waals surface area (Å²) in [6, 6.07) is 0. The van der Waals surface area contributed by atoms with Gasteiger partial charge in [-0.25, -0.2) is 0 Å². The van der Waals surface area contributed by atoms with Crippen molar-refractivity contribution in [3.8, 4) is 0 Å². The van der Waals surface area contributed by atoms with Crippen LogP contribution in [0.15, 0.2) is 85.1 Å². The monoisotopic (exact) mass is 1030 g/mol. The molecular weight excluding hydrogens is 913 g/mol. The summed E-state index contributed by atoms with van der Waals surface area (Å²) in [5.74, 6) is -0.876. The zero-order valence-corrected chi connectivity index (χ0v) is 48.8. The SMILES string of the molecule is CC/C=C\C/C=C\C/C=C\C/C=C\C/C=C\C/C=C\CCCCCCCCCCCCCCCCC(=O)OCC(COC(=O)CCCCCCC/C=C\CCC)OC(=O)CCCCCCCCCCCCCCC. The molecular formula is C68H118O6. The van der Waals surface area contributed by atoms with E-state index in [9.17, 15) is 14.4 Å². The van der Waals surface area contributed by atoms with E-state index < -0.39 is 6.10 Å². The molecule has 6 nitrogen and oxygen atoms in total. The van der Waals surface area contributed by atoms with E-state index in [1.807, 2.05) is 0 Å². The van der Waals surface area contributed by atoms with Gasteiger partial charge >= 0.3 is 17.9 Å². The summed E-state index contributed by atoms with van der Waals surface area (Å²) in [6.07, 6.45) is 81.8. The minimum atomic E-state index is -0.775. The highest BCUT2D eigenvalue weighted by molar-refractivity contribution is 5.71. The summed E-state index contributed by atoms with van der Waals surface area (Å²) >= 11 is 0. The first-order valence-corrected chi connectivity index (χ1v) is 31.6. The average Bonchev–Trinajstić information content (AvgIpc) is 3.40. The first-order chi connectivity index (χ1) is 36.5. The molecule has 0 aromatic heterocycles. The van der Waals surface area contributed by atoms with Crippen LogP contribution in [0.1, 0.15) is 310 Å². The van der Waals surface area contributed by atoms with Gasteiger partial charge < -0.3 is 14.2 Å². The van der Waals surface area contributed by atoms with Gasteiger partial charge in [-0.15, -0.1) is 0 Å². The Bertz CT molecular complexity index is 1420. The van der Waals surface area contributed by atoms with Gasteiger partial charge in [0.05, 0.1) is 0 Å². The zero-order chi connectivity index (χ0) is 53.6. The fourth-order valence-corrected chi connectivity index (χ4v) is 8.92. The molecule has 0 radical (unpaired) electrons. The summed E-state index contributed by atoms with van der Waals surface area (Å²) in [7, 11) is 0. The van der Waals surface area contributed by atoms with E-state index >= 15 is 0 Å². The fraction of sp³-hybridized carbons (Fsp3) is 0.750. The number of allylic oxidation sites excluding steroid dienone is 14. The van der Waals surface area contributed by atoms with Crippen molar-refractivity contribution >= 4 is 17.9 Å². The van der Waals surface area contributed by atoms with Crippen molar-refractivity contribution in [2.75, 3.05) is 13.2 Å². The second-order valence-electron chi connectivity index (χ2n) is 20.9. The molecule has 0 aromatic rings. The normalized spacial score (nSPS) is 12.6. The number of carbonyl (C=O) groups excluding carboxylic acids is 3. The molecule has 0 heterocycles. The second kappa shape index (κ2) is 62.1. The third-order valence-electron chi connectivity index (χ3n) is 13.6. The van der Waals surface area contributed by atoms with Crippen molar-refractivity contribution in [2.24, 2.45) is 0 Å². The van der Waals surface area contributed by atoms with Gasteiger partial charge in [0.15, 0.2) is 6.10 Å². The summed E-state index contributed by atoms with van der Waals surface area (Å²) < 4.78 is 16.8. The van der Waals surface area contributed by atoms with Crippen LogP contribution >= 0.6 is 0 Å². The Kier molecular flexibility index (Phi) is 59.3. The number of unbranched alkanes of at least 4 members (excludes halogenated alkanes) is 32. The topological polar surface area (TPSA) is 78.9 Å². The lowest BCUT2D eigenvalue weighted by Gasteiger charge is -2.18. The van der Waals surface area contributed by atoms with Gasteiger partial charge in [0, 0.05) is 19.3 Å². The van der Waals surface area contributed by atoms with Crippen molar-refractivity contribution in [2.45, 2.75) is 316 Å². The van der Waals surface area contributed by atoms with Crippen LogP contribution in [0.2, 0.25) is 0 Å². The quantitative estimate of drug-likeness (QED) is 0.0261. The van der Waals surface area contributed by atoms with E-state index in [2.05, 4.69) is 106 Å². The highest BCUT2D eigenvalue weighted by atomic mass is 16.6. The lowest BCUT2D eigenvalue weighted by molar-refractivity contribution is -0.167. The lowest BCUT2D eigenvalue weighted by atomic mass is 10.0. The maximum absolute atomic E-state index is 12.8. The van der Waals surface area contributed by atoms with Crippen molar-refractivity contribution in [1.82, 2.24) is 0 Å². The number of hydrogen-bond acceptors (Lipinski definition) is 6. The van der Waals surface area contributed by atoms with Crippen LogP contribution in [0.5, 0.6) is 0 Å². The molecule has 1 unspecified atom stereocenters. The molecule has 0 aliphatic heterocycles. The van der Waals surface area contributed by atoms with Gasteiger partial charge in [0.2, 0.25) is 0 Å². The maximum Gasteiger partial charge on any atom is 0.306 e. The van der Waals surface area contributed by atoms with E-state index in [4.69, 9.17) is 14.2 Å². The molecule has 0 spiro atoms. The Morgan fingerprint density at radius 2 is 0.554 bits per heavy atom. The Morgan fingerprint density at radius 3 is 0.892 bits per heavy atom. The van der Waals surface area contributed by atoms with Crippen LogP contribution in [-0.2, 0) is 28.6 Å². The first kappa shape index (κ1) is 70.6. The Hall–Kier alpha value is -3.41. The minimum absolute atomic E-state index is 0.0752. The third-order valence-corrected chi connectivity index (χ3v) is 13.6. The molecule has 0 rings (SSSR count). The number of rotatable bonds is 57. The molecule has 74 heavy (non-hydrogen) atoms. The molecule has 0 aliphatic carbocycles. The second-order valence-corrected chi connectivity index (χ2v) is 20.9. The van der Waals surface area contributed by atoms with Crippen molar-refractivity contribution < 1.29 is 28.6 Å². The molecule has 0 N–H and O–H groups in total. The average molecular weight is 1030 g/mol. The maximum atomic E-state index is 12.8. The van der Waals surface area contributed by atoms with Crippen molar-refractivity contribution in [3.05, 3.63) is 85.1 Å². The van der Waals surface area contributed by atoms with Crippen LogP contribution in [0.4, 0.5) is 0 Å². The summed E-state index contributed by atoms with van der Waals surface area (Å²) in [5, 5.41) is 0. The van der Waals surface area contributed by atoms with Crippen molar-refractivity contribution in [1.29, 1.82) is 0 Å². The number of ether oxygens (including phenoxy) is 3. The van der Waals surface area contributed by atoms with Crippen LogP contribution in [-0.4, -0.2) is 37.2 Å². The smallest absolute Gasteiger partial charge is 0.306 e. The van der Waals surface area contributed by atoms with Gasteiger partial charge in [-0.3, -0.25) is 14.4 Å². The van der Waals surface area contributed by atoms with E-state index in [-0.39, 0.29) is 31.1 Å². The molecule has 0 aliphatic rings. The first-order valence-electron chi connectivity index (χ1n) is 31.6. The van der Waals surface area contributed by atoms with Crippen LogP contribution in [0, 0.1) is 0 Å². The van der Waals surface area contributed by atoms with Gasteiger partial charge in [0.1, 0.15) is 13.2 Å². The molecule has 0 fully saturated rings. The molecule has 0 bridgehead atoms. The minimum Gasteiger partial charge on any atom is -0.462 e. The van der Waals surface area contributed by atoms with Gasteiger partial charge in [0.25, 0.3) is 0 Å². The van der Waals surface area contributed by atoms with E-state index in [0.29, 0.717) is 19.3 Å². The highest BCUT2D eigenvalue weighted by Crippen LogP contribution is 2.17. The molecule has 426 valence electrons. The third kappa shape index (κ3) is 59.5. The fourth-order valence-electron chi connectivity index (χ4n) is 8.92. The van der Waals surface area contributed by atoms with Gasteiger partial charge in [-0.05, 0) is 89.9 Å². The molecule has 6 heteroatoms. The lowest BCUT2D eigenvalue weighted by Crippen LogP contribution is -2.30. The van der Waals surface area contributed by atoms with Crippen LogP contribution in [0.3, 0.4) is 0 Å². The number of carbonyl (C=O) groups is 3. The predicted octanol–water partition coefficient (Wildman–Crippen LogP) is 21.5. The van der Waals surface area contributed by atoms with Gasteiger partial charge in [-0.2, -0.15) is 0 Å². The van der Waals surface area contributed by atoms with E-state index in [1.165, 1.54) is 161 Å². The highest BCUT2D eigenvalue weighted by Gasteiger charge is 2.19. The molecule has 0 saturated heterocycles. The van der Waals surface area contributed by atoms with Gasteiger partial charge in [-0.1, -0.05) is 286 Å². The Balaban J connectivity index is 4.09. The predicted molar refractivity (Wildman–Crippen MR) is 321 cm³/mol. The summed E-state index contributed by atoms with van der Waals surface area (Å²) in [4.78, 5) is 38.1. The van der Waals surface area contributed by atoms with Crippen LogP contribution in [0.25, 0.3) is 0 Å². The Morgan fingerprint density at radius 1 is 0.284 bits per heavy atom. The van der Waals surface area contributed by atoms with Crippen LogP contribution < -0.4 is 0 Å². The van der Waals surface area contributed by atoms with Crippen molar-refractivity contribution in [3.63, 3.8) is 0 Å². The summed E-state index contributed by atoms with van der Waals surface area (Å²) in [5.41, 5.74) is 0. The number of esters is 3. The number of hydrogen-bond donors (Lipinski definition) is 0. The Labute approximate surface area is 458 Å². The molecule has 0 amide bonds. The largest absolute Gasteiger partial charge is 0.462 e. The molecule has 1 atom stereocenters. The molecule has 0 saturated carbocycles. The zero-order valence-electron chi connectivity index (χ0n) is 48.8. The van der Waals surface area contributed by atoms with E-state index in [0.717, 1.165) is 109 Å². The summed E-state index contributed by atoms with van der Waals surface area (Å²) in [6.45, 7) is 6.48.